The maximum absolute atomic E-state index is 10.5. The first kappa shape index (κ1) is 9.16. The average molecular weight is 244 g/mol. The van der Waals surface area contributed by atoms with E-state index in [1.807, 2.05) is 0 Å². The summed E-state index contributed by atoms with van der Waals surface area (Å²) < 4.78 is 10.8. The monoisotopic (exact) mass is 244 g/mol. The molecule has 0 aromatic heterocycles. The molecule has 0 saturated heterocycles. The van der Waals surface area contributed by atoms with E-state index in [0.717, 1.165) is 4.43 Å². The molecule has 0 aromatic rings. The van der Waals surface area contributed by atoms with Crippen molar-refractivity contribution in [2.75, 3.05) is 11.0 Å². The first-order chi connectivity index (χ1) is 4.31. The number of alkyl halides is 1. The van der Waals surface area contributed by atoms with Gasteiger partial charge >= 0.3 is 65.3 Å². The summed E-state index contributed by atoms with van der Waals surface area (Å²) in [4.78, 5) is 10.5. The van der Waals surface area contributed by atoms with Crippen molar-refractivity contribution in [2.45, 2.75) is 13.3 Å². The number of nitrogens with two attached hydrogens (primary N) is 1. The number of esters is 1. The van der Waals surface area contributed by atoms with Crippen LogP contribution in [0, 0.1) is 0 Å². The third-order valence-electron chi connectivity index (χ3n) is 0.713. The van der Waals surface area contributed by atoms with Crippen LogP contribution in [0.4, 0.5) is 0 Å². The van der Waals surface area contributed by atoms with Gasteiger partial charge in [-0.1, -0.05) is 0 Å². The van der Waals surface area contributed by atoms with Gasteiger partial charge in [-0.2, -0.15) is 0 Å². The van der Waals surface area contributed by atoms with Crippen LogP contribution in [0.25, 0.3) is 0 Å². The van der Waals surface area contributed by atoms with Gasteiger partial charge in [-0.15, -0.1) is 0 Å². The van der Waals surface area contributed by atoms with Crippen molar-refractivity contribution >= 4 is 5.97 Å². The average Bonchev–Trinajstić information content (AvgIpc) is 1.85. The van der Waals surface area contributed by atoms with Gasteiger partial charge in [0.2, 0.25) is 0 Å². The van der Waals surface area contributed by atoms with E-state index >= 15 is 0 Å². The maximum atomic E-state index is 10.5. The zero-order valence-corrected chi connectivity index (χ0v) is 7.55. The van der Waals surface area contributed by atoms with Crippen molar-refractivity contribution in [3.8, 4) is 0 Å². The SMILES string of the molecule is CCOC(=O)CC[I-]N. The van der Waals surface area contributed by atoms with Gasteiger partial charge in [0.25, 0.3) is 0 Å². The summed E-state index contributed by atoms with van der Waals surface area (Å²) in [5.74, 6) is -0.123. The molecular weight excluding hydrogens is 233 g/mol. The molecule has 0 saturated carbocycles. The number of halogens is 1. The molecule has 0 bridgehead atoms. The Labute approximate surface area is 65.6 Å². The van der Waals surface area contributed by atoms with E-state index < -0.39 is 0 Å². The molecule has 0 aliphatic rings. The summed E-state index contributed by atoms with van der Waals surface area (Å²) in [6.45, 7) is 2.27. The van der Waals surface area contributed by atoms with Crippen LogP contribution in [0.2, 0.25) is 0 Å². The number of ether oxygens (including phenoxy) is 1. The van der Waals surface area contributed by atoms with Crippen LogP contribution in [-0.4, -0.2) is 17.0 Å². The summed E-state index contributed by atoms with van der Waals surface area (Å²) in [6, 6.07) is 0. The van der Waals surface area contributed by atoms with Crippen LogP contribution in [0.15, 0.2) is 0 Å². The second-order valence-electron chi connectivity index (χ2n) is 1.40. The summed E-state index contributed by atoms with van der Waals surface area (Å²) in [6.07, 6.45) is 0.498. The second-order valence-corrected chi connectivity index (χ2v) is 3.36. The first-order valence-corrected chi connectivity index (χ1v) is 5.51. The Bertz CT molecular complexity index is 87.0. The van der Waals surface area contributed by atoms with Gasteiger partial charge < -0.3 is 0 Å². The molecule has 0 spiro atoms. The number of rotatable bonds is 4. The predicted molar refractivity (Wildman–Crippen MR) is 30.3 cm³/mol. The molecule has 0 aliphatic heterocycles. The number of hydrogen-bond donors (Lipinski definition) is 1. The third-order valence-corrected chi connectivity index (χ3v) is 1.88. The molecule has 4 heteroatoms. The quantitative estimate of drug-likeness (QED) is 0.247. The van der Waals surface area contributed by atoms with E-state index in [2.05, 4.69) is 4.74 Å². The normalized spacial score (nSPS) is 9.56. The molecule has 2 N–H and O–H groups in total. The molecule has 0 heterocycles. The van der Waals surface area contributed by atoms with E-state index in [1.165, 1.54) is 0 Å². The molecule has 0 rings (SSSR count). The number of hydrogen-bond acceptors (Lipinski definition) is 3. The van der Waals surface area contributed by atoms with Crippen molar-refractivity contribution in [3.63, 3.8) is 0 Å². The Morgan fingerprint density at radius 2 is 2.44 bits per heavy atom. The Hall–Kier alpha value is 0.160. The molecule has 0 fully saturated rings. The van der Waals surface area contributed by atoms with Gasteiger partial charge in [-0.3, -0.25) is 0 Å². The minimum atomic E-state index is -0.238. The first-order valence-electron chi connectivity index (χ1n) is 2.74. The van der Waals surface area contributed by atoms with Gasteiger partial charge in [-0.25, -0.2) is 0 Å². The van der Waals surface area contributed by atoms with E-state index in [1.54, 1.807) is 6.92 Å². The molecular formula is C5H11INO2-. The standard InChI is InChI=1S/C5H11INO2/c1-2-9-5(8)3-4-6-7/h2-4,7H2,1H3/q-1. The van der Waals surface area contributed by atoms with E-state index in [0.29, 0.717) is 13.0 Å². The second kappa shape index (κ2) is 6.28. The fraction of sp³-hybridized carbons (Fsp3) is 0.800. The van der Waals surface area contributed by atoms with Gasteiger partial charge in [0.05, 0.1) is 0 Å². The Balaban J connectivity index is 3.06. The van der Waals surface area contributed by atoms with Crippen molar-refractivity contribution in [3.05, 3.63) is 0 Å². The molecule has 9 heavy (non-hydrogen) atoms. The number of carbonyl (C=O) groups excluding carboxylic acids is 1. The molecule has 3 nitrogen and oxygen atoms in total. The zero-order valence-electron chi connectivity index (χ0n) is 5.39. The molecule has 56 valence electrons. The molecule has 0 radical (unpaired) electrons. The van der Waals surface area contributed by atoms with Gasteiger partial charge in [0, 0.05) is 0 Å². The van der Waals surface area contributed by atoms with E-state index in [-0.39, 0.29) is 27.4 Å². The van der Waals surface area contributed by atoms with E-state index in [4.69, 9.17) is 3.95 Å². The van der Waals surface area contributed by atoms with Crippen molar-refractivity contribution in [1.29, 1.82) is 0 Å². The predicted octanol–water partition coefficient (Wildman–Crippen LogP) is -3.10. The van der Waals surface area contributed by atoms with Crippen LogP contribution in [0.5, 0.6) is 0 Å². The Morgan fingerprint density at radius 1 is 1.78 bits per heavy atom. The summed E-state index contributed by atoms with van der Waals surface area (Å²) in [7, 11) is 0. The van der Waals surface area contributed by atoms with Gasteiger partial charge in [0.15, 0.2) is 0 Å². The van der Waals surface area contributed by atoms with Gasteiger partial charge in [0.1, 0.15) is 0 Å². The molecule has 0 unspecified atom stereocenters. The van der Waals surface area contributed by atoms with Crippen molar-refractivity contribution in [2.24, 2.45) is 3.95 Å². The Kier molecular flexibility index (Phi) is 6.39. The Morgan fingerprint density at radius 3 is 2.89 bits per heavy atom. The molecule has 0 aliphatic carbocycles. The minimum absolute atomic E-state index is 0.123. The summed E-state index contributed by atoms with van der Waals surface area (Å²) in [5, 5.41) is 0. The summed E-state index contributed by atoms with van der Waals surface area (Å²) >= 11 is -0.238. The van der Waals surface area contributed by atoms with Crippen molar-refractivity contribution in [1.82, 2.24) is 0 Å². The van der Waals surface area contributed by atoms with Crippen LogP contribution in [0.1, 0.15) is 13.3 Å². The molecule has 0 amide bonds. The molecule has 0 aromatic carbocycles. The van der Waals surface area contributed by atoms with Gasteiger partial charge in [-0.05, 0) is 0 Å². The van der Waals surface area contributed by atoms with Crippen molar-refractivity contribution < 1.29 is 31.0 Å². The zero-order chi connectivity index (χ0) is 7.11. The van der Waals surface area contributed by atoms with E-state index in [9.17, 15) is 4.79 Å². The topological polar surface area (TPSA) is 52.3 Å². The molecule has 0 atom stereocenters. The third kappa shape index (κ3) is 6.04. The number of carbonyl (C=O) groups is 1. The van der Waals surface area contributed by atoms with Crippen LogP contribution >= 0.6 is 0 Å². The fourth-order valence-corrected chi connectivity index (χ4v) is 1.12. The van der Waals surface area contributed by atoms with Crippen LogP contribution < -0.4 is 25.4 Å². The fourth-order valence-electron chi connectivity index (χ4n) is 0.365. The summed E-state index contributed by atoms with van der Waals surface area (Å²) in [5.41, 5.74) is 0. The van der Waals surface area contributed by atoms with Crippen LogP contribution in [0.3, 0.4) is 0 Å². The van der Waals surface area contributed by atoms with Crippen LogP contribution in [-0.2, 0) is 9.53 Å².